The van der Waals surface area contributed by atoms with Gasteiger partial charge in [0.2, 0.25) is 0 Å². The average molecular weight is 518 g/mol. The molecule has 2 aliphatic rings. The van der Waals surface area contributed by atoms with Gasteiger partial charge in [-0.1, -0.05) is 0 Å². The second-order valence-corrected chi connectivity index (χ2v) is 39.8. The first-order valence-electron chi connectivity index (χ1n) is 10.8. The van der Waals surface area contributed by atoms with E-state index in [1.165, 1.54) is 28.3 Å². The molecule has 5 heteroatoms. The molecule has 2 unspecified atom stereocenters. The molecular formula is C26H29F3SiZr. The monoisotopic (exact) mass is 516 g/mol. The SMILES string of the molecule is CC1=C(C)C(C)[C]([Zr]([CH3])([CH3])(=[SiH2])[CH]2C=C(c3ccc(F)c(F)c3F)c3ccccc32)=C1C. The normalized spacial score (nSPS) is 21.7. The minimum atomic E-state index is -3.63. The van der Waals surface area contributed by atoms with Crippen molar-refractivity contribution in [1.82, 2.24) is 0 Å². The maximum atomic E-state index is 14.8. The summed E-state index contributed by atoms with van der Waals surface area (Å²) in [5, 5.41) is 0. The van der Waals surface area contributed by atoms with Crippen molar-refractivity contribution in [3.05, 3.63) is 96.6 Å². The van der Waals surface area contributed by atoms with Gasteiger partial charge >= 0.3 is 186 Å². The summed E-state index contributed by atoms with van der Waals surface area (Å²) in [4.78, 5) is 0. The van der Waals surface area contributed by atoms with Crippen LogP contribution < -0.4 is 0 Å². The second kappa shape index (κ2) is 7.28. The van der Waals surface area contributed by atoms with Crippen LogP contribution in [0.2, 0.25) is 9.26 Å². The fraction of sp³-hybridized carbons (Fsp3) is 0.308. The molecule has 4 rings (SSSR count). The van der Waals surface area contributed by atoms with E-state index in [9.17, 15) is 13.2 Å². The molecule has 0 bridgehead atoms. The predicted octanol–water partition coefficient (Wildman–Crippen LogP) is 7.18. The summed E-state index contributed by atoms with van der Waals surface area (Å²) in [6, 6.07) is 10.4. The molecule has 2 aromatic rings. The molecule has 31 heavy (non-hydrogen) atoms. The zero-order valence-corrected chi connectivity index (χ0v) is 22.9. The number of hydrogen-bond acceptors (Lipinski definition) is 0. The summed E-state index contributed by atoms with van der Waals surface area (Å²) in [7, 11) is 0. The van der Waals surface area contributed by atoms with Crippen LogP contribution >= 0.6 is 0 Å². The molecule has 0 saturated heterocycles. The van der Waals surface area contributed by atoms with Crippen molar-refractivity contribution in [2.75, 3.05) is 0 Å². The fourth-order valence-electron chi connectivity index (χ4n) is 5.95. The Hall–Kier alpha value is -1.45. The molecule has 0 radical (unpaired) electrons. The summed E-state index contributed by atoms with van der Waals surface area (Å²) in [6.07, 6.45) is 2.15. The fourth-order valence-corrected chi connectivity index (χ4v) is 24.5. The average Bonchev–Trinajstić information content (AvgIpc) is 3.19. The van der Waals surface area contributed by atoms with Gasteiger partial charge in [0.15, 0.2) is 0 Å². The van der Waals surface area contributed by atoms with Crippen molar-refractivity contribution in [3.63, 3.8) is 0 Å². The number of benzene rings is 2. The molecule has 0 saturated carbocycles. The number of allylic oxidation sites excluding steroid dienone is 5. The van der Waals surface area contributed by atoms with Gasteiger partial charge in [-0.05, 0) is 0 Å². The second-order valence-electron chi connectivity index (χ2n) is 10.2. The van der Waals surface area contributed by atoms with Gasteiger partial charge in [-0.25, -0.2) is 0 Å². The first-order chi connectivity index (χ1) is 14.3. The third-order valence-corrected chi connectivity index (χ3v) is 25.0. The first-order valence-corrected chi connectivity index (χ1v) is 24.2. The Morgan fingerprint density at radius 1 is 0.839 bits per heavy atom. The van der Waals surface area contributed by atoms with Crippen LogP contribution in [-0.2, 0) is 17.4 Å². The van der Waals surface area contributed by atoms with Crippen LogP contribution in [0.5, 0.6) is 0 Å². The third-order valence-electron chi connectivity index (χ3n) is 7.77. The molecule has 0 nitrogen and oxygen atoms in total. The van der Waals surface area contributed by atoms with E-state index < -0.39 is 34.9 Å². The quantitative estimate of drug-likeness (QED) is 0.299. The minimum absolute atomic E-state index is 0.137. The molecule has 162 valence electrons. The van der Waals surface area contributed by atoms with Crippen molar-refractivity contribution < 1.29 is 30.6 Å². The first kappa shape index (κ1) is 22.7. The summed E-state index contributed by atoms with van der Waals surface area (Å²) >= 11 is -3.63. The number of rotatable bonds is 3. The van der Waals surface area contributed by atoms with Crippen molar-refractivity contribution in [3.8, 4) is 0 Å². The van der Waals surface area contributed by atoms with E-state index in [1.54, 1.807) is 3.28 Å². The van der Waals surface area contributed by atoms with E-state index in [4.69, 9.17) is 0 Å². The summed E-state index contributed by atoms with van der Waals surface area (Å²) in [5.41, 5.74) is 7.16. The van der Waals surface area contributed by atoms with E-state index >= 15 is 0 Å². The number of fused-ring (bicyclic) bond motifs is 1. The Balaban J connectivity index is 1.97. The molecule has 0 fully saturated rings. The Bertz CT molecular complexity index is 1290. The predicted molar refractivity (Wildman–Crippen MR) is 123 cm³/mol. The summed E-state index contributed by atoms with van der Waals surface area (Å²) in [5.74, 6) is -3.27. The molecule has 0 N–H and O–H groups in total. The van der Waals surface area contributed by atoms with Crippen LogP contribution in [0, 0.1) is 23.4 Å². The standard InChI is InChI=1S/C15H8F3.C9H13.2CH3.H2Si.Zr/c16-13-8-7-12(14(17)15(13)18)11-6-5-9-3-1-2-4-10(9)11;1-6-5-7(2)9(4)8(6)3;;;;/h1-8H;6H,1-4H3;2*1H3;1H2;. The van der Waals surface area contributed by atoms with E-state index in [0.29, 0.717) is 11.5 Å². The zero-order chi connectivity index (χ0) is 22.9. The van der Waals surface area contributed by atoms with Crippen molar-refractivity contribution >= 4 is 12.5 Å². The van der Waals surface area contributed by atoms with E-state index in [-0.39, 0.29) is 9.19 Å². The summed E-state index contributed by atoms with van der Waals surface area (Å²) < 4.78 is 49.2. The van der Waals surface area contributed by atoms with Crippen molar-refractivity contribution in [2.45, 2.75) is 40.6 Å². The van der Waals surface area contributed by atoms with Gasteiger partial charge in [-0.15, -0.1) is 0 Å². The topological polar surface area (TPSA) is 0 Å². The van der Waals surface area contributed by atoms with Crippen LogP contribution in [0.3, 0.4) is 0 Å². The zero-order valence-electron chi connectivity index (χ0n) is 19.0. The molecule has 0 aliphatic heterocycles. The van der Waals surface area contributed by atoms with Gasteiger partial charge < -0.3 is 0 Å². The maximum absolute atomic E-state index is 14.8. The van der Waals surface area contributed by atoms with Crippen LogP contribution in [0.15, 0.2) is 62.5 Å². The van der Waals surface area contributed by atoms with Gasteiger partial charge in [0, 0.05) is 0 Å². The van der Waals surface area contributed by atoms with Crippen LogP contribution in [0.25, 0.3) is 5.57 Å². The van der Waals surface area contributed by atoms with Crippen LogP contribution in [-0.4, -0.2) is 6.88 Å². The molecule has 0 spiro atoms. The van der Waals surface area contributed by atoms with Gasteiger partial charge in [0.1, 0.15) is 0 Å². The van der Waals surface area contributed by atoms with Crippen molar-refractivity contribution in [2.24, 2.45) is 5.92 Å². The number of hydrogen-bond donors (Lipinski definition) is 0. The van der Waals surface area contributed by atoms with E-state index in [2.05, 4.69) is 56.0 Å². The van der Waals surface area contributed by atoms with E-state index in [0.717, 1.165) is 11.6 Å². The Kier molecular flexibility index (Phi) is 5.34. The Morgan fingerprint density at radius 3 is 2.10 bits per heavy atom. The van der Waals surface area contributed by atoms with Gasteiger partial charge in [0.25, 0.3) is 0 Å². The molecular weight excluding hydrogens is 489 g/mol. The Labute approximate surface area is 185 Å². The van der Waals surface area contributed by atoms with E-state index in [1.807, 2.05) is 18.2 Å². The van der Waals surface area contributed by atoms with Crippen LogP contribution in [0.4, 0.5) is 13.2 Å². The molecule has 0 amide bonds. The Morgan fingerprint density at radius 2 is 1.48 bits per heavy atom. The van der Waals surface area contributed by atoms with Gasteiger partial charge in [-0.2, -0.15) is 0 Å². The van der Waals surface area contributed by atoms with Gasteiger partial charge in [-0.3, -0.25) is 0 Å². The summed E-state index contributed by atoms with van der Waals surface area (Å²) in [6.45, 7) is 11.2. The molecule has 0 aromatic heterocycles. The molecule has 2 aliphatic carbocycles. The third kappa shape index (κ3) is 3.26. The number of halogens is 3. The molecule has 0 heterocycles. The molecule has 2 atom stereocenters. The van der Waals surface area contributed by atoms with Crippen molar-refractivity contribution in [1.29, 1.82) is 0 Å². The molecule has 2 aromatic carbocycles. The van der Waals surface area contributed by atoms with Gasteiger partial charge in [0.05, 0.1) is 0 Å². The van der Waals surface area contributed by atoms with Crippen LogP contribution in [0.1, 0.15) is 48.0 Å².